The van der Waals surface area contributed by atoms with E-state index in [4.69, 9.17) is 9.47 Å². The first-order valence-corrected chi connectivity index (χ1v) is 18.3. The van der Waals surface area contributed by atoms with Gasteiger partial charge in [0.15, 0.2) is 6.10 Å². The van der Waals surface area contributed by atoms with Crippen LogP contribution in [0.4, 0.5) is 0 Å². The zero-order valence-corrected chi connectivity index (χ0v) is 28.2. The van der Waals surface area contributed by atoms with Crippen molar-refractivity contribution in [3.8, 4) is 0 Å². The van der Waals surface area contributed by atoms with Gasteiger partial charge in [0, 0.05) is 0 Å². The first kappa shape index (κ1) is 33.9. The highest BCUT2D eigenvalue weighted by Crippen LogP contribution is 2.37. The van der Waals surface area contributed by atoms with E-state index in [0.29, 0.717) is 23.0 Å². The number of esters is 2. The molecule has 2 fully saturated rings. The minimum atomic E-state index is -0.696. The summed E-state index contributed by atoms with van der Waals surface area (Å²) in [6, 6.07) is 22.3. The van der Waals surface area contributed by atoms with Gasteiger partial charge in [0.25, 0.3) is 0 Å². The molecule has 3 aromatic carbocycles. The summed E-state index contributed by atoms with van der Waals surface area (Å²) in [5.41, 5.74) is 6.99. The quantitative estimate of drug-likeness (QED) is 0.168. The summed E-state index contributed by atoms with van der Waals surface area (Å²) in [5, 5.41) is 0. The predicted molar refractivity (Wildman–Crippen MR) is 187 cm³/mol. The van der Waals surface area contributed by atoms with Gasteiger partial charge in [-0.25, -0.2) is 9.59 Å². The molecular weight excluding hydrogens is 568 g/mol. The molecule has 0 aliphatic heterocycles. The first-order chi connectivity index (χ1) is 22.6. The Bertz CT molecular complexity index is 1400. The van der Waals surface area contributed by atoms with Crippen LogP contribution in [-0.2, 0) is 22.3 Å². The summed E-state index contributed by atoms with van der Waals surface area (Å²) in [7, 11) is 0. The van der Waals surface area contributed by atoms with Crippen molar-refractivity contribution in [3.63, 3.8) is 0 Å². The Hall–Kier alpha value is -3.40. The number of ether oxygens (including phenoxy) is 2. The highest BCUT2D eigenvalue weighted by Gasteiger charge is 2.28. The summed E-state index contributed by atoms with van der Waals surface area (Å²) in [6.45, 7) is 4.40. The summed E-state index contributed by atoms with van der Waals surface area (Å²) >= 11 is 0. The zero-order valence-electron chi connectivity index (χ0n) is 28.2. The van der Waals surface area contributed by atoms with Gasteiger partial charge in [0.2, 0.25) is 0 Å². The zero-order chi connectivity index (χ0) is 32.1. The van der Waals surface area contributed by atoms with Crippen LogP contribution in [0.25, 0.3) is 0 Å². The Morgan fingerprint density at radius 3 is 1.65 bits per heavy atom. The number of benzene rings is 3. The van der Waals surface area contributed by atoms with E-state index < -0.39 is 6.10 Å². The summed E-state index contributed by atoms with van der Waals surface area (Å²) in [4.78, 5) is 27.7. The Kier molecular flexibility index (Phi) is 12.9. The van der Waals surface area contributed by atoms with Crippen LogP contribution >= 0.6 is 0 Å². The molecule has 1 unspecified atom stereocenters. The molecule has 5 rings (SSSR count). The molecule has 2 aliphatic carbocycles. The molecule has 246 valence electrons. The SMILES string of the molecule is CCCCc1ccc(C(=O)OCC(OC(=O)c2ccc(CCCC)cc2C2CCCCC2)c2ccccc2)c(C2CCCCC2)c1. The van der Waals surface area contributed by atoms with Crippen molar-refractivity contribution in [2.24, 2.45) is 0 Å². The fourth-order valence-electron chi connectivity index (χ4n) is 7.46. The Labute approximate surface area is 277 Å². The normalized spacial score (nSPS) is 16.6. The van der Waals surface area contributed by atoms with E-state index in [9.17, 15) is 9.59 Å². The number of carbonyl (C=O) groups is 2. The van der Waals surface area contributed by atoms with Crippen LogP contribution in [-0.4, -0.2) is 18.5 Å². The topological polar surface area (TPSA) is 52.6 Å². The maximum absolute atomic E-state index is 14.0. The van der Waals surface area contributed by atoms with Crippen LogP contribution in [0.15, 0.2) is 66.7 Å². The highest BCUT2D eigenvalue weighted by atomic mass is 16.6. The van der Waals surface area contributed by atoms with Crippen LogP contribution in [0.2, 0.25) is 0 Å². The lowest BCUT2D eigenvalue weighted by molar-refractivity contribution is -0.00154. The summed E-state index contributed by atoms with van der Waals surface area (Å²) in [6.07, 6.45) is 17.7. The molecule has 4 nitrogen and oxygen atoms in total. The molecule has 2 saturated carbocycles. The van der Waals surface area contributed by atoms with Crippen molar-refractivity contribution >= 4 is 11.9 Å². The van der Waals surface area contributed by atoms with Gasteiger partial charge >= 0.3 is 11.9 Å². The molecule has 1 atom stereocenters. The van der Waals surface area contributed by atoms with Gasteiger partial charge in [-0.15, -0.1) is 0 Å². The highest BCUT2D eigenvalue weighted by molar-refractivity contribution is 5.92. The number of rotatable bonds is 14. The third-order valence-corrected chi connectivity index (χ3v) is 10.2. The minimum Gasteiger partial charge on any atom is -0.458 e. The van der Waals surface area contributed by atoms with Gasteiger partial charge in [0.1, 0.15) is 6.61 Å². The lowest BCUT2D eigenvalue weighted by Gasteiger charge is -2.26. The number of aryl methyl sites for hydroxylation is 2. The first-order valence-electron chi connectivity index (χ1n) is 18.3. The summed E-state index contributed by atoms with van der Waals surface area (Å²) < 4.78 is 12.3. The maximum atomic E-state index is 14.0. The van der Waals surface area contributed by atoms with Crippen LogP contribution in [0.5, 0.6) is 0 Å². The molecule has 0 aromatic heterocycles. The number of unbranched alkanes of at least 4 members (excludes halogenated alkanes) is 2. The van der Waals surface area contributed by atoms with Gasteiger partial charge < -0.3 is 9.47 Å². The molecule has 0 bridgehead atoms. The average Bonchev–Trinajstić information content (AvgIpc) is 3.12. The van der Waals surface area contributed by atoms with Crippen molar-refractivity contribution in [1.82, 2.24) is 0 Å². The standard InChI is InChI=1S/C42H54O4/c1-3-5-16-31-24-26-36(38(28-31)33-18-10-7-11-19-33)41(43)45-30-40(35-22-14-9-15-23-35)46-42(44)37-27-25-32(17-6-4-2)29-39(37)34-20-12-8-13-21-34/h9,14-15,22-29,33-34,40H,3-8,10-13,16-21,30H2,1-2H3. The number of carbonyl (C=O) groups excluding carboxylic acids is 2. The second-order valence-electron chi connectivity index (χ2n) is 13.6. The van der Waals surface area contributed by atoms with E-state index in [1.165, 1.54) is 49.7 Å². The number of hydrogen-bond acceptors (Lipinski definition) is 4. The molecule has 2 aliphatic rings. The van der Waals surface area contributed by atoms with Crippen molar-refractivity contribution < 1.29 is 19.1 Å². The molecule has 0 spiro atoms. The Morgan fingerprint density at radius 2 is 1.15 bits per heavy atom. The van der Waals surface area contributed by atoms with Crippen molar-refractivity contribution in [1.29, 1.82) is 0 Å². The molecule has 0 radical (unpaired) electrons. The van der Waals surface area contributed by atoms with E-state index in [-0.39, 0.29) is 18.5 Å². The molecule has 4 heteroatoms. The second-order valence-corrected chi connectivity index (χ2v) is 13.6. The van der Waals surface area contributed by atoms with E-state index in [2.05, 4.69) is 38.1 Å². The molecule has 0 amide bonds. The maximum Gasteiger partial charge on any atom is 0.339 e. The molecule has 46 heavy (non-hydrogen) atoms. The van der Waals surface area contributed by atoms with E-state index in [1.54, 1.807) is 0 Å². The lowest BCUT2D eigenvalue weighted by Crippen LogP contribution is -2.21. The Balaban J connectivity index is 1.36. The second kappa shape index (κ2) is 17.5. The average molecular weight is 623 g/mol. The Morgan fingerprint density at radius 1 is 0.652 bits per heavy atom. The third kappa shape index (κ3) is 9.11. The van der Waals surface area contributed by atoms with Crippen LogP contribution < -0.4 is 0 Å². The molecule has 3 aromatic rings. The predicted octanol–water partition coefficient (Wildman–Crippen LogP) is 11.2. The minimum absolute atomic E-state index is 0.0242. The van der Waals surface area contributed by atoms with Gasteiger partial charge in [-0.2, -0.15) is 0 Å². The van der Waals surface area contributed by atoms with Gasteiger partial charge in [0.05, 0.1) is 11.1 Å². The van der Waals surface area contributed by atoms with E-state index in [0.717, 1.165) is 80.9 Å². The van der Waals surface area contributed by atoms with Gasteiger partial charge in [-0.1, -0.05) is 120 Å². The smallest absolute Gasteiger partial charge is 0.339 e. The van der Waals surface area contributed by atoms with Crippen LogP contribution in [0.3, 0.4) is 0 Å². The summed E-state index contributed by atoms with van der Waals surface area (Å²) in [5.74, 6) is 0.0990. The van der Waals surface area contributed by atoms with Crippen LogP contribution in [0, 0.1) is 0 Å². The fraction of sp³-hybridized carbons (Fsp3) is 0.524. The molecule has 0 N–H and O–H groups in total. The van der Waals surface area contributed by atoms with E-state index in [1.807, 2.05) is 42.5 Å². The van der Waals surface area contributed by atoms with Crippen LogP contribution in [0.1, 0.15) is 170 Å². The fourth-order valence-corrected chi connectivity index (χ4v) is 7.46. The number of hydrogen-bond donors (Lipinski definition) is 0. The lowest BCUT2D eigenvalue weighted by atomic mass is 9.81. The monoisotopic (exact) mass is 622 g/mol. The van der Waals surface area contributed by atoms with Crippen molar-refractivity contribution in [2.45, 2.75) is 135 Å². The van der Waals surface area contributed by atoms with E-state index >= 15 is 0 Å². The largest absolute Gasteiger partial charge is 0.458 e. The molecule has 0 saturated heterocycles. The molecule has 0 heterocycles. The molecular formula is C42H54O4. The third-order valence-electron chi connectivity index (χ3n) is 10.2. The van der Waals surface area contributed by atoms with Crippen molar-refractivity contribution in [2.75, 3.05) is 6.61 Å². The van der Waals surface area contributed by atoms with Gasteiger partial charge in [-0.3, -0.25) is 0 Å². The van der Waals surface area contributed by atoms with Gasteiger partial charge in [-0.05, 0) is 103 Å². The van der Waals surface area contributed by atoms with Crippen molar-refractivity contribution in [3.05, 3.63) is 106 Å².